The smallest absolute Gasteiger partial charge is 0.395 e. The summed E-state index contributed by atoms with van der Waals surface area (Å²) in [6.07, 6.45) is 1.05. The largest absolute Gasteiger partial charge is 0.441 e. The van der Waals surface area contributed by atoms with E-state index in [0.717, 1.165) is 11.1 Å². The second-order valence-corrected chi connectivity index (χ2v) is 3.36. The maximum absolute atomic E-state index is 11.1. The van der Waals surface area contributed by atoms with Crippen molar-refractivity contribution in [2.24, 2.45) is 0 Å². The first kappa shape index (κ1) is 9.30. The molecule has 0 fully saturated rings. The van der Waals surface area contributed by atoms with E-state index in [1.165, 1.54) is 6.07 Å². The lowest BCUT2D eigenvalue weighted by Crippen LogP contribution is -2.13. The average Bonchev–Trinajstić information content (AvgIpc) is 2.52. The number of benzene rings is 1. The van der Waals surface area contributed by atoms with E-state index >= 15 is 0 Å². The van der Waals surface area contributed by atoms with Gasteiger partial charge >= 0.3 is 5.76 Å². The Labute approximate surface area is 88.7 Å². The Morgan fingerprint density at radius 2 is 2.14 bits per heavy atom. The summed E-state index contributed by atoms with van der Waals surface area (Å²) < 4.78 is 5.56. The molecule has 6 heteroatoms. The van der Waals surface area contributed by atoms with Gasteiger partial charge in [-0.25, -0.2) is 4.79 Å². The van der Waals surface area contributed by atoms with Gasteiger partial charge in [-0.05, 0) is 18.2 Å². The zero-order valence-corrected chi connectivity index (χ0v) is 8.29. The van der Waals surface area contributed by atoms with Crippen molar-refractivity contribution >= 4 is 23.2 Å². The SMILES string of the molecule is O=c1ocnn1-c1ccc(Cl)cc1Cl. The summed E-state index contributed by atoms with van der Waals surface area (Å²) in [4.78, 5) is 11.1. The Balaban J connectivity index is 2.63. The van der Waals surface area contributed by atoms with Crippen molar-refractivity contribution in [2.45, 2.75) is 0 Å². The minimum Gasteiger partial charge on any atom is -0.395 e. The molecule has 0 aliphatic rings. The highest BCUT2D eigenvalue weighted by Gasteiger charge is 2.07. The third-order valence-electron chi connectivity index (χ3n) is 1.63. The molecular weight excluding hydrogens is 227 g/mol. The summed E-state index contributed by atoms with van der Waals surface area (Å²) >= 11 is 11.6. The van der Waals surface area contributed by atoms with Crippen molar-refractivity contribution in [3.63, 3.8) is 0 Å². The van der Waals surface area contributed by atoms with Crippen molar-refractivity contribution < 1.29 is 4.42 Å². The molecule has 0 unspecified atom stereocenters. The lowest BCUT2D eigenvalue weighted by molar-refractivity contribution is 0.504. The normalized spacial score (nSPS) is 10.4. The molecular formula is C8H4Cl2N2O2. The quantitative estimate of drug-likeness (QED) is 0.755. The van der Waals surface area contributed by atoms with Gasteiger partial charge in [0.25, 0.3) is 0 Å². The minimum absolute atomic E-state index is 0.341. The number of hydrogen-bond donors (Lipinski definition) is 0. The van der Waals surface area contributed by atoms with E-state index in [9.17, 15) is 4.79 Å². The zero-order valence-electron chi connectivity index (χ0n) is 6.78. The molecule has 0 aliphatic carbocycles. The number of halogens is 2. The van der Waals surface area contributed by atoms with Crippen LogP contribution in [0.3, 0.4) is 0 Å². The molecule has 0 atom stereocenters. The van der Waals surface area contributed by atoms with Crippen LogP contribution in [0.5, 0.6) is 0 Å². The molecule has 2 aromatic rings. The average molecular weight is 231 g/mol. The molecule has 0 saturated carbocycles. The Hall–Kier alpha value is -1.26. The maximum atomic E-state index is 11.1. The lowest BCUT2D eigenvalue weighted by atomic mass is 10.3. The van der Waals surface area contributed by atoms with Gasteiger partial charge in [0.2, 0.25) is 6.39 Å². The molecule has 14 heavy (non-hydrogen) atoms. The van der Waals surface area contributed by atoms with Crippen molar-refractivity contribution in [3.05, 3.63) is 45.2 Å². The van der Waals surface area contributed by atoms with E-state index in [0.29, 0.717) is 15.7 Å². The monoisotopic (exact) mass is 230 g/mol. The van der Waals surface area contributed by atoms with E-state index in [-0.39, 0.29) is 0 Å². The van der Waals surface area contributed by atoms with Crippen LogP contribution in [0.1, 0.15) is 0 Å². The van der Waals surface area contributed by atoms with Gasteiger partial charge in [0.05, 0.1) is 10.7 Å². The fraction of sp³-hybridized carbons (Fsp3) is 0. The van der Waals surface area contributed by atoms with Crippen LogP contribution in [0, 0.1) is 0 Å². The molecule has 72 valence electrons. The number of nitrogens with zero attached hydrogens (tertiary/aromatic N) is 2. The van der Waals surface area contributed by atoms with Crippen molar-refractivity contribution in [3.8, 4) is 5.69 Å². The first-order valence-electron chi connectivity index (χ1n) is 3.67. The van der Waals surface area contributed by atoms with Gasteiger partial charge in [0.15, 0.2) is 0 Å². The molecule has 0 N–H and O–H groups in total. The van der Waals surface area contributed by atoms with Gasteiger partial charge in [0.1, 0.15) is 0 Å². The molecule has 2 rings (SSSR count). The summed E-state index contributed by atoms with van der Waals surface area (Å²) in [5.41, 5.74) is 0.440. The van der Waals surface area contributed by atoms with E-state index in [2.05, 4.69) is 9.52 Å². The van der Waals surface area contributed by atoms with Crippen LogP contribution in [-0.2, 0) is 0 Å². The zero-order chi connectivity index (χ0) is 10.1. The fourth-order valence-electron chi connectivity index (χ4n) is 1.03. The minimum atomic E-state index is -0.589. The van der Waals surface area contributed by atoms with Crippen LogP contribution in [-0.4, -0.2) is 9.78 Å². The van der Waals surface area contributed by atoms with E-state index in [1.807, 2.05) is 0 Å². The molecule has 1 heterocycles. The van der Waals surface area contributed by atoms with Crippen LogP contribution < -0.4 is 5.76 Å². The van der Waals surface area contributed by atoms with Gasteiger partial charge < -0.3 is 4.42 Å². The summed E-state index contributed by atoms with van der Waals surface area (Å²) in [6, 6.07) is 4.73. The van der Waals surface area contributed by atoms with Crippen LogP contribution in [0.4, 0.5) is 0 Å². The van der Waals surface area contributed by atoms with Gasteiger partial charge in [-0.1, -0.05) is 23.2 Å². The van der Waals surface area contributed by atoms with E-state index in [1.54, 1.807) is 12.1 Å². The third kappa shape index (κ3) is 1.54. The highest BCUT2D eigenvalue weighted by molar-refractivity contribution is 6.35. The number of aromatic nitrogens is 2. The van der Waals surface area contributed by atoms with Crippen LogP contribution in [0.15, 0.2) is 33.8 Å². The molecule has 0 spiro atoms. The predicted molar refractivity (Wildman–Crippen MR) is 52.1 cm³/mol. The van der Waals surface area contributed by atoms with Crippen LogP contribution in [0.2, 0.25) is 10.0 Å². The summed E-state index contributed by atoms with van der Waals surface area (Å²) in [7, 11) is 0. The summed E-state index contributed by atoms with van der Waals surface area (Å²) in [5.74, 6) is -0.589. The Morgan fingerprint density at radius 1 is 1.36 bits per heavy atom. The van der Waals surface area contributed by atoms with Gasteiger partial charge in [-0.15, -0.1) is 5.10 Å². The van der Waals surface area contributed by atoms with Crippen molar-refractivity contribution in [1.29, 1.82) is 0 Å². The van der Waals surface area contributed by atoms with E-state index < -0.39 is 5.76 Å². The molecule has 0 saturated heterocycles. The Kier molecular flexibility index (Phi) is 2.31. The number of rotatable bonds is 1. The Morgan fingerprint density at radius 3 is 2.71 bits per heavy atom. The van der Waals surface area contributed by atoms with Crippen molar-refractivity contribution in [1.82, 2.24) is 9.78 Å². The molecule has 1 aromatic carbocycles. The maximum Gasteiger partial charge on any atom is 0.441 e. The topological polar surface area (TPSA) is 48.0 Å². The summed E-state index contributed by atoms with van der Waals surface area (Å²) in [5, 5.41) is 4.52. The second-order valence-electron chi connectivity index (χ2n) is 2.51. The molecule has 0 amide bonds. The highest BCUT2D eigenvalue weighted by Crippen LogP contribution is 2.22. The van der Waals surface area contributed by atoms with Gasteiger partial charge in [-0.3, -0.25) is 0 Å². The molecule has 0 bridgehead atoms. The molecule has 1 aromatic heterocycles. The third-order valence-corrected chi connectivity index (χ3v) is 2.16. The van der Waals surface area contributed by atoms with E-state index in [4.69, 9.17) is 23.2 Å². The van der Waals surface area contributed by atoms with Crippen molar-refractivity contribution in [2.75, 3.05) is 0 Å². The molecule has 0 aliphatic heterocycles. The lowest BCUT2D eigenvalue weighted by Gasteiger charge is -2.01. The van der Waals surface area contributed by atoms with Gasteiger partial charge in [0, 0.05) is 5.02 Å². The Bertz CT molecular complexity index is 518. The van der Waals surface area contributed by atoms with Crippen LogP contribution >= 0.6 is 23.2 Å². The fourth-order valence-corrected chi connectivity index (χ4v) is 1.51. The summed E-state index contributed by atoms with van der Waals surface area (Å²) in [6.45, 7) is 0. The molecule has 4 nitrogen and oxygen atoms in total. The molecule has 0 radical (unpaired) electrons. The predicted octanol–water partition coefficient (Wildman–Crippen LogP) is 2.13. The highest BCUT2D eigenvalue weighted by atomic mass is 35.5. The van der Waals surface area contributed by atoms with Gasteiger partial charge in [-0.2, -0.15) is 4.68 Å². The first-order valence-corrected chi connectivity index (χ1v) is 4.42. The van der Waals surface area contributed by atoms with Crippen LogP contribution in [0.25, 0.3) is 5.69 Å². The second kappa shape index (κ2) is 3.48. The number of hydrogen-bond acceptors (Lipinski definition) is 3. The first-order chi connectivity index (χ1) is 6.68. The standard InChI is InChI=1S/C8H4Cl2N2O2/c9-5-1-2-7(6(10)3-5)12-8(13)14-4-11-12/h1-4H.